The molecule has 0 spiro atoms. The molecule has 0 amide bonds. The highest BCUT2D eigenvalue weighted by Crippen LogP contribution is 2.13. The molecule has 0 aliphatic heterocycles. The van der Waals surface area contributed by atoms with Crippen molar-refractivity contribution >= 4 is 0 Å². The van der Waals surface area contributed by atoms with E-state index in [0.717, 1.165) is 25.5 Å². The number of hydrogen-bond donors (Lipinski definition) is 0. The molecule has 2 aromatic heterocycles. The molecule has 22 heavy (non-hydrogen) atoms. The van der Waals surface area contributed by atoms with E-state index in [0.29, 0.717) is 0 Å². The van der Waals surface area contributed by atoms with E-state index >= 15 is 0 Å². The van der Waals surface area contributed by atoms with Gasteiger partial charge in [0.25, 0.3) is 0 Å². The topological polar surface area (TPSA) is 51.8 Å². The van der Waals surface area contributed by atoms with Gasteiger partial charge in [0, 0.05) is 26.0 Å². The Morgan fingerprint density at radius 3 is 2.59 bits per heavy atom. The lowest BCUT2D eigenvalue weighted by Crippen LogP contribution is -2.20. The lowest BCUT2D eigenvalue weighted by molar-refractivity contribution is 0.305. The zero-order valence-corrected chi connectivity index (χ0v) is 12.9. The predicted molar refractivity (Wildman–Crippen MR) is 83.9 cm³/mol. The van der Waals surface area contributed by atoms with E-state index in [4.69, 9.17) is 0 Å². The molecule has 0 saturated carbocycles. The fourth-order valence-corrected chi connectivity index (χ4v) is 2.47. The molecule has 6 heteroatoms. The molecule has 0 unspecified atom stereocenters. The summed E-state index contributed by atoms with van der Waals surface area (Å²) in [4.78, 5) is 2.24. The molecule has 0 aliphatic rings. The van der Waals surface area contributed by atoms with Gasteiger partial charge in [-0.3, -0.25) is 9.58 Å². The molecule has 0 N–H and O–H groups in total. The second-order valence-electron chi connectivity index (χ2n) is 5.50. The van der Waals surface area contributed by atoms with E-state index < -0.39 is 0 Å². The normalized spacial score (nSPS) is 11.2. The second-order valence-corrected chi connectivity index (χ2v) is 5.50. The zero-order valence-electron chi connectivity index (χ0n) is 12.9. The van der Waals surface area contributed by atoms with Crippen molar-refractivity contribution in [1.29, 1.82) is 0 Å². The summed E-state index contributed by atoms with van der Waals surface area (Å²) in [7, 11) is 4.06. The van der Waals surface area contributed by atoms with Gasteiger partial charge >= 0.3 is 0 Å². The van der Waals surface area contributed by atoms with Crippen molar-refractivity contribution in [1.82, 2.24) is 29.4 Å². The van der Waals surface area contributed by atoms with Gasteiger partial charge in [-0.15, -0.1) is 10.2 Å². The van der Waals surface area contributed by atoms with Crippen molar-refractivity contribution in [3.8, 4) is 0 Å². The molecule has 0 aliphatic carbocycles. The third-order valence-electron chi connectivity index (χ3n) is 3.67. The van der Waals surface area contributed by atoms with E-state index in [1.54, 1.807) is 6.33 Å². The maximum absolute atomic E-state index is 4.29. The lowest BCUT2D eigenvalue weighted by atomic mass is 10.1. The minimum Gasteiger partial charge on any atom is -0.320 e. The van der Waals surface area contributed by atoms with Crippen molar-refractivity contribution in [2.75, 3.05) is 7.05 Å². The predicted octanol–water partition coefficient (Wildman–Crippen LogP) is 1.69. The van der Waals surface area contributed by atoms with Crippen molar-refractivity contribution < 1.29 is 0 Å². The number of aromatic nitrogens is 5. The molecule has 3 rings (SSSR count). The highest BCUT2D eigenvalue weighted by Gasteiger charge is 2.09. The van der Waals surface area contributed by atoms with Crippen LogP contribution in [0.15, 0.2) is 49.1 Å². The first kappa shape index (κ1) is 14.5. The van der Waals surface area contributed by atoms with Gasteiger partial charge in [-0.1, -0.05) is 24.3 Å². The number of nitrogens with zero attached hydrogens (tertiary/aromatic N) is 6. The maximum atomic E-state index is 4.29. The highest BCUT2D eigenvalue weighted by molar-refractivity contribution is 5.27. The van der Waals surface area contributed by atoms with Crippen LogP contribution in [0.25, 0.3) is 0 Å². The fraction of sp³-hybridized carbons (Fsp3) is 0.312. The third-order valence-corrected chi connectivity index (χ3v) is 3.67. The van der Waals surface area contributed by atoms with E-state index in [1.807, 2.05) is 34.8 Å². The van der Waals surface area contributed by atoms with Gasteiger partial charge in [0.05, 0.1) is 13.1 Å². The largest absolute Gasteiger partial charge is 0.320 e. The molecule has 0 fully saturated rings. The molecule has 0 bridgehead atoms. The van der Waals surface area contributed by atoms with Crippen LogP contribution in [0.2, 0.25) is 0 Å². The third kappa shape index (κ3) is 3.40. The quantitative estimate of drug-likeness (QED) is 0.694. The van der Waals surface area contributed by atoms with E-state index in [1.165, 1.54) is 11.1 Å². The van der Waals surface area contributed by atoms with Gasteiger partial charge < -0.3 is 4.57 Å². The Morgan fingerprint density at radius 1 is 1.09 bits per heavy atom. The van der Waals surface area contributed by atoms with Crippen LogP contribution in [0, 0.1) is 0 Å². The van der Waals surface area contributed by atoms with Gasteiger partial charge in [0.15, 0.2) is 0 Å². The number of benzene rings is 1. The Hall–Kier alpha value is -2.47. The minimum absolute atomic E-state index is 0.770. The standard InChI is InChI=1S/C16H20N6/c1-20(12-16-19-17-13-21(16)2)10-14-6-3-4-7-15(14)11-22-9-5-8-18-22/h3-9,13H,10-12H2,1-2H3. The summed E-state index contributed by atoms with van der Waals surface area (Å²) in [6.07, 6.45) is 5.53. The Balaban J connectivity index is 1.70. The van der Waals surface area contributed by atoms with Gasteiger partial charge in [-0.05, 0) is 24.2 Å². The molecule has 1 aromatic carbocycles. The van der Waals surface area contributed by atoms with Gasteiger partial charge in [0.1, 0.15) is 12.2 Å². The average Bonchev–Trinajstić information content (AvgIpc) is 3.14. The van der Waals surface area contributed by atoms with Crippen LogP contribution in [-0.4, -0.2) is 36.5 Å². The molecular formula is C16H20N6. The second kappa shape index (κ2) is 6.53. The monoisotopic (exact) mass is 296 g/mol. The molecule has 6 nitrogen and oxygen atoms in total. The summed E-state index contributed by atoms with van der Waals surface area (Å²) < 4.78 is 3.90. The first-order valence-electron chi connectivity index (χ1n) is 7.28. The first-order chi connectivity index (χ1) is 10.7. The highest BCUT2D eigenvalue weighted by atomic mass is 15.3. The Kier molecular flexibility index (Phi) is 4.29. The van der Waals surface area contributed by atoms with Gasteiger partial charge in [-0.2, -0.15) is 5.10 Å². The Bertz CT molecular complexity index is 716. The van der Waals surface area contributed by atoms with E-state index in [-0.39, 0.29) is 0 Å². The van der Waals surface area contributed by atoms with E-state index in [9.17, 15) is 0 Å². The summed E-state index contributed by atoms with van der Waals surface area (Å²) in [6.45, 7) is 2.43. The molecule has 3 aromatic rings. The van der Waals surface area contributed by atoms with Crippen LogP contribution in [0.4, 0.5) is 0 Å². The van der Waals surface area contributed by atoms with Crippen LogP contribution in [0.5, 0.6) is 0 Å². The maximum Gasteiger partial charge on any atom is 0.146 e. The van der Waals surface area contributed by atoms with Gasteiger partial charge in [-0.25, -0.2) is 0 Å². The molecule has 114 valence electrons. The zero-order chi connectivity index (χ0) is 15.4. The lowest BCUT2D eigenvalue weighted by Gasteiger charge is -2.18. The van der Waals surface area contributed by atoms with Crippen molar-refractivity contribution in [2.45, 2.75) is 19.6 Å². The first-order valence-corrected chi connectivity index (χ1v) is 7.28. The number of aryl methyl sites for hydroxylation is 1. The molecular weight excluding hydrogens is 276 g/mol. The summed E-state index contributed by atoms with van der Waals surface area (Å²) in [5, 5.41) is 12.3. The van der Waals surface area contributed by atoms with Crippen molar-refractivity contribution in [3.05, 3.63) is 66.0 Å². The van der Waals surface area contributed by atoms with Crippen LogP contribution in [0.3, 0.4) is 0 Å². The number of hydrogen-bond acceptors (Lipinski definition) is 4. The van der Waals surface area contributed by atoms with Crippen LogP contribution in [0.1, 0.15) is 17.0 Å². The molecule has 0 saturated heterocycles. The van der Waals surface area contributed by atoms with Crippen LogP contribution in [-0.2, 0) is 26.7 Å². The fourth-order valence-electron chi connectivity index (χ4n) is 2.47. The molecule has 2 heterocycles. The molecule has 0 radical (unpaired) electrons. The Morgan fingerprint density at radius 2 is 1.91 bits per heavy atom. The van der Waals surface area contributed by atoms with Crippen LogP contribution >= 0.6 is 0 Å². The summed E-state index contributed by atoms with van der Waals surface area (Å²) in [5.74, 6) is 0.965. The average molecular weight is 296 g/mol. The smallest absolute Gasteiger partial charge is 0.146 e. The summed E-state index contributed by atoms with van der Waals surface area (Å²) in [6, 6.07) is 10.4. The summed E-state index contributed by atoms with van der Waals surface area (Å²) in [5.41, 5.74) is 2.60. The SMILES string of the molecule is CN(Cc1ccccc1Cn1cccn1)Cc1nncn1C. The molecule has 0 atom stereocenters. The van der Waals surface area contributed by atoms with Crippen molar-refractivity contribution in [3.63, 3.8) is 0 Å². The minimum atomic E-state index is 0.770. The van der Waals surface area contributed by atoms with E-state index in [2.05, 4.69) is 51.5 Å². The van der Waals surface area contributed by atoms with Crippen molar-refractivity contribution in [2.24, 2.45) is 7.05 Å². The Labute approximate surface area is 130 Å². The van der Waals surface area contributed by atoms with Crippen LogP contribution < -0.4 is 0 Å². The van der Waals surface area contributed by atoms with Gasteiger partial charge in [0.2, 0.25) is 0 Å². The summed E-state index contributed by atoms with van der Waals surface area (Å²) >= 11 is 0. The number of rotatable bonds is 6.